The average Bonchev–Trinajstić information content (AvgIpc) is 1.82. The lowest BCUT2D eigenvalue weighted by molar-refractivity contribution is 0.0206. The van der Waals surface area contributed by atoms with E-state index in [1.54, 1.807) is 0 Å². The molecule has 2 aliphatic rings. The van der Waals surface area contributed by atoms with Crippen LogP contribution in [-0.4, -0.2) is 13.2 Å². The first kappa shape index (κ1) is 7.60. The Hall–Kier alpha value is -0.0400. The van der Waals surface area contributed by atoms with Gasteiger partial charge in [-0.1, -0.05) is 12.8 Å². The van der Waals surface area contributed by atoms with Crippen LogP contribution in [0, 0.1) is 5.41 Å². The van der Waals surface area contributed by atoms with Gasteiger partial charge in [0.25, 0.3) is 0 Å². The van der Waals surface area contributed by atoms with Crippen molar-refractivity contribution in [2.24, 2.45) is 5.41 Å². The Morgan fingerprint density at radius 1 is 0.727 bits per heavy atom. The molecule has 2 rings (SSSR count). The van der Waals surface area contributed by atoms with Crippen LogP contribution in [0.4, 0.5) is 0 Å². The molecule has 0 aromatic carbocycles. The second-order valence-electron chi connectivity index (χ2n) is 4.17. The molecule has 1 nitrogen and oxygen atoms in total. The van der Waals surface area contributed by atoms with Crippen LogP contribution in [0.25, 0.3) is 0 Å². The minimum absolute atomic E-state index is 0.750. The van der Waals surface area contributed by atoms with Crippen molar-refractivity contribution in [2.75, 3.05) is 13.2 Å². The highest BCUT2D eigenvalue weighted by Gasteiger charge is 2.36. The van der Waals surface area contributed by atoms with Crippen LogP contribution >= 0.6 is 0 Å². The number of rotatable bonds is 0. The lowest BCUT2D eigenvalue weighted by Crippen LogP contribution is -2.32. The van der Waals surface area contributed by atoms with Crippen LogP contribution < -0.4 is 0 Å². The molecule has 0 aromatic heterocycles. The Morgan fingerprint density at radius 3 is 2.27 bits per heavy atom. The van der Waals surface area contributed by atoms with E-state index in [0.717, 1.165) is 18.6 Å². The zero-order chi connectivity index (χ0) is 7.57. The van der Waals surface area contributed by atoms with Crippen molar-refractivity contribution < 1.29 is 4.74 Å². The highest BCUT2D eigenvalue weighted by molar-refractivity contribution is 4.87. The van der Waals surface area contributed by atoms with Crippen molar-refractivity contribution in [3.05, 3.63) is 0 Å². The van der Waals surface area contributed by atoms with Crippen molar-refractivity contribution in [2.45, 2.75) is 44.9 Å². The highest BCUT2D eigenvalue weighted by atomic mass is 16.5. The molecule has 0 aromatic rings. The number of ether oxygens (including phenoxy) is 1. The lowest BCUT2D eigenvalue weighted by Gasteiger charge is -2.43. The fraction of sp³-hybridized carbons (Fsp3) is 1.00. The summed E-state index contributed by atoms with van der Waals surface area (Å²) >= 11 is 0. The monoisotopic (exact) mass is 154 g/mol. The third kappa shape index (κ3) is 1.58. The van der Waals surface area contributed by atoms with Gasteiger partial charge in [0.05, 0.1) is 0 Å². The predicted molar refractivity (Wildman–Crippen MR) is 45.6 cm³/mol. The summed E-state index contributed by atoms with van der Waals surface area (Å²) in [6.45, 7) is 2.04. The molecule has 11 heavy (non-hydrogen) atoms. The van der Waals surface area contributed by atoms with Crippen molar-refractivity contribution >= 4 is 0 Å². The van der Waals surface area contributed by atoms with E-state index in [2.05, 4.69) is 0 Å². The fourth-order valence-corrected chi connectivity index (χ4v) is 2.40. The minimum atomic E-state index is 0.750. The van der Waals surface area contributed by atoms with Crippen molar-refractivity contribution in [3.8, 4) is 0 Å². The summed E-state index contributed by atoms with van der Waals surface area (Å²) in [6, 6.07) is 0. The molecule has 1 heterocycles. The molecular formula is C10H18O. The summed E-state index contributed by atoms with van der Waals surface area (Å²) < 4.78 is 5.51. The molecule has 1 aliphatic heterocycles. The third-order valence-electron chi connectivity index (χ3n) is 3.44. The highest BCUT2D eigenvalue weighted by Crippen LogP contribution is 2.48. The molecule has 0 radical (unpaired) electrons. The van der Waals surface area contributed by atoms with E-state index in [1.807, 2.05) is 0 Å². The number of hydrogen-bond donors (Lipinski definition) is 0. The van der Waals surface area contributed by atoms with Gasteiger partial charge in [0.15, 0.2) is 0 Å². The molecule has 1 heteroatoms. The Bertz CT molecular complexity index is 117. The zero-order valence-electron chi connectivity index (χ0n) is 7.27. The summed E-state index contributed by atoms with van der Waals surface area (Å²) in [7, 11) is 0. The molecule has 0 amide bonds. The summed E-state index contributed by atoms with van der Waals surface area (Å²) in [5.74, 6) is 0. The maximum Gasteiger partial charge on any atom is 0.0471 e. The van der Waals surface area contributed by atoms with Crippen molar-refractivity contribution in [3.63, 3.8) is 0 Å². The maximum atomic E-state index is 5.51. The standard InChI is InChI=1S/C10H18O/c1-2-8-11-9-7-10(4-1)5-3-6-10/h1-9H2. The molecule has 0 atom stereocenters. The fourth-order valence-electron chi connectivity index (χ4n) is 2.40. The van der Waals surface area contributed by atoms with E-state index in [9.17, 15) is 0 Å². The second-order valence-corrected chi connectivity index (χ2v) is 4.17. The quantitative estimate of drug-likeness (QED) is 0.521. The van der Waals surface area contributed by atoms with E-state index in [1.165, 1.54) is 44.9 Å². The zero-order valence-corrected chi connectivity index (χ0v) is 7.27. The summed E-state index contributed by atoms with van der Waals surface area (Å²) in [6.07, 6.45) is 9.96. The van der Waals surface area contributed by atoms with Crippen LogP contribution in [0.3, 0.4) is 0 Å². The maximum absolute atomic E-state index is 5.51. The Labute approximate surface area is 69.1 Å². The first-order valence-electron chi connectivity index (χ1n) is 4.99. The van der Waals surface area contributed by atoms with Crippen molar-refractivity contribution in [1.82, 2.24) is 0 Å². The van der Waals surface area contributed by atoms with Crippen LogP contribution in [0.15, 0.2) is 0 Å². The molecule has 64 valence electrons. The molecule has 0 N–H and O–H groups in total. The van der Waals surface area contributed by atoms with Gasteiger partial charge < -0.3 is 4.74 Å². The predicted octanol–water partition coefficient (Wildman–Crippen LogP) is 2.75. The minimum Gasteiger partial charge on any atom is -0.381 e. The molecule has 0 unspecified atom stereocenters. The topological polar surface area (TPSA) is 9.23 Å². The molecule has 2 fully saturated rings. The summed E-state index contributed by atoms with van der Waals surface area (Å²) in [5, 5.41) is 0. The molecule has 1 saturated heterocycles. The van der Waals surface area contributed by atoms with Crippen LogP contribution in [0.1, 0.15) is 44.9 Å². The second kappa shape index (κ2) is 3.14. The number of hydrogen-bond acceptors (Lipinski definition) is 1. The van der Waals surface area contributed by atoms with E-state index < -0.39 is 0 Å². The summed E-state index contributed by atoms with van der Waals surface area (Å²) in [4.78, 5) is 0. The van der Waals surface area contributed by atoms with Crippen LogP contribution in [0.5, 0.6) is 0 Å². The van der Waals surface area contributed by atoms with E-state index in [4.69, 9.17) is 4.74 Å². The van der Waals surface area contributed by atoms with Gasteiger partial charge in [-0.05, 0) is 37.5 Å². The third-order valence-corrected chi connectivity index (χ3v) is 3.44. The average molecular weight is 154 g/mol. The summed E-state index contributed by atoms with van der Waals surface area (Å²) in [5.41, 5.74) is 0.750. The molecule has 1 spiro atoms. The molecule has 1 aliphatic carbocycles. The Kier molecular flexibility index (Phi) is 2.17. The molecular weight excluding hydrogens is 136 g/mol. The Balaban J connectivity index is 1.86. The first-order valence-corrected chi connectivity index (χ1v) is 4.99. The largest absolute Gasteiger partial charge is 0.381 e. The van der Waals surface area contributed by atoms with Gasteiger partial charge in [-0.2, -0.15) is 0 Å². The van der Waals surface area contributed by atoms with Crippen LogP contribution in [0.2, 0.25) is 0 Å². The van der Waals surface area contributed by atoms with E-state index >= 15 is 0 Å². The van der Waals surface area contributed by atoms with Crippen LogP contribution in [-0.2, 0) is 4.74 Å². The van der Waals surface area contributed by atoms with Crippen molar-refractivity contribution in [1.29, 1.82) is 0 Å². The van der Waals surface area contributed by atoms with Gasteiger partial charge in [-0.3, -0.25) is 0 Å². The van der Waals surface area contributed by atoms with Gasteiger partial charge in [0.2, 0.25) is 0 Å². The molecule has 0 bridgehead atoms. The van der Waals surface area contributed by atoms with Gasteiger partial charge >= 0.3 is 0 Å². The van der Waals surface area contributed by atoms with Gasteiger partial charge in [0, 0.05) is 13.2 Å². The SMILES string of the molecule is C1CCC2(CCC2)CCOC1. The van der Waals surface area contributed by atoms with Gasteiger partial charge in [-0.15, -0.1) is 0 Å². The van der Waals surface area contributed by atoms with Gasteiger partial charge in [-0.25, -0.2) is 0 Å². The normalized spacial score (nSPS) is 30.5. The first-order chi connectivity index (χ1) is 5.41. The van der Waals surface area contributed by atoms with E-state index in [-0.39, 0.29) is 0 Å². The smallest absolute Gasteiger partial charge is 0.0471 e. The Morgan fingerprint density at radius 2 is 1.55 bits per heavy atom. The van der Waals surface area contributed by atoms with Gasteiger partial charge in [0.1, 0.15) is 0 Å². The molecule has 1 saturated carbocycles. The lowest BCUT2D eigenvalue weighted by atomic mass is 9.64. The van der Waals surface area contributed by atoms with E-state index in [0.29, 0.717) is 0 Å².